The van der Waals surface area contributed by atoms with E-state index >= 15 is 0 Å². The molecule has 0 saturated carbocycles. The van der Waals surface area contributed by atoms with Gasteiger partial charge in [-0.1, -0.05) is 6.58 Å². The second kappa shape index (κ2) is 3.09. The molecule has 2 atom stereocenters. The molecular formula is C6H11O2P. The number of hydrogen-bond acceptors (Lipinski definition) is 2. The predicted molar refractivity (Wildman–Crippen MR) is 40.4 cm³/mol. The van der Waals surface area contributed by atoms with Crippen LogP contribution in [0.3, 0.4) is 0 Å². The van der Waals surface area contributed by atoms with Crippen LogP contribution in [0.15, 0.2) is 12.7 Å². The Hall–Kier alpha value is -0.200. The van der Waals surface area contributed by atoms with E-state index in [1.54, 1.807) is 0 Å². The molecule has 2 unspecified atom stereocenters. The molecular weight excluding hydrogens is 135 g/mol. The molecule has 0 aliphatic rings. The Morgan fingerprint density at radius 1 is 2.00 bits per heavy atom. The smallest absolute Gasteiger partial charge is 0.186 e. The zero-order valence-electron chi connectivity index (χ0n) is 5.42. The maximum atomic E-state index is 10.7. The number of hydrogen-bond donors (Lipinski definition) is 1. The highest BCUT2D eigenvalue weighted by Crippen LogP contribution is 2.08. The lowest BCUT2D eigenvalue weighted by molar-refractivity contribution is -0.128. The number of ketones is 1. The van der Waals surface area contributed by atoms with E-state index in [1.165, 1.54) is 6.92 Å². The summed E-state index contributed by atoms with van der Waals surface area (Å²) in [6.45, 7) is 4.72. The fourth-order valence-corrected chi connectivity index (χ4v) is 0.522. The third kappa shape index (κ3) is 2.25. The summed E-state index contributed by atoms with van der Waals surface area (Å²) in [6, 6.07) is 0. The van der Waals surface area contributed by atoms with E-state index in [-0.39, 0.29) is 5.78 Å². The van der Waals surface area contributed by atoms with Crippen molar-refractivity contribution in [1.82, 2.24) is 0 Å². The van der Waals surface area contributed by atoms with Gasteiger partial charge in [0.25, 0.3) is 0 Å². The average molecular weight is 146 g/mol. The summed E-state index contributed by atoms with van der Waals surface area (Å²) in [6.07, 6.45) is 1.47. The van der Waals surface area contributed by atoms with Gasteiger partial charge in [-0.25, -0.2) is 0 Å². The van der Waals surface area contributed by atoms with Crippen molar-refractivity contribution < 1.29 is 9.90 Å². The van der Waals surface area contributed by atoms with Gasteiger partial charge in [0.15, 0.2) is 5.78 Å². The zero-order valence-corrected chi connectivity index (χ0v) is 6.58. The largest absolute Gasteiger partial charge is 0.382 e. The first kappa shape index (κ1) is 8.80. The Labute approximate surface area is 57.2 Å². The molecule has 0 rings (SSSR count). The lowest BCUT2D eigenvalue weighted by Gasteiger charge is -2.15. The maximum absolute atomic E-state index is 10.7. The fraction of sp³-hybridized carbons (Fsp3) is 0.500. The summed E-state index contributed by atoms with van der Waals surface area (Å²) in [5.74, 6) is -0.336. The molecule has 0 amide bonds. The van der Waals surface area contributed by atoms with Crippen molar-refractivity contribution in [2.75, 3.05) is 6.16 Å². The van der Waals surface area contributed by atoms with E-state index < -0.39 is 5.60 Å². The van der Waals surface area contributed by atoms with Gasteiger partial charge >= 0.3 is 0 Å². The Morgan fingerprint density at radius 2 is 2.44 bits per heavy atom. The highest BCUT2D eigenvalue weighted by atomic mass is 31.0. The highest BCUT2D eigenvalue weighted by Gasteiger charge is 2.24. The maximum Gasteiger partial charge on any atom is 0.186 e. The molecule has 0 aromatic rings. The standard InChI is InChI=1S/C6H11O2P/c1-3-5(7)6(2,8)4-9/h3,8H,1,4,9H2,2H3. The molecule has 0 aliphatic carbocycles. The van der Waals surface area contributed by atoms with E-state index in [0.29, 0.717) is 6.16 Å². The van der Waals surface area contributed by atoms with Gasteiger partial charge < -0.3 is 5.11 Å². The van der Waals surface area contributed by atoms with Crippen molar-refractivity contribution in [3.8, 4) is 0 Å². The van der Waals surface area contributed by atoms with Crippen LogP contribution in [0.25, 0.3) is 0 Å². The molecule has 0 bridgehead atoms. The number of aliphatic hydroxyl groups is 1. The lowest BCUT2D eigenvalue weighted by atomic mass is 10.0. The summed E-state index contributed by atoms with van der Waals surface area (Å²) in [5, 5.41) is 9.15. The van der Waals surface area contributed by atoms with E-state index in [0.717, 1.165) is 6.08 Å². The summed E-state index contributed by atoms with van der Waals surface area (Å²) in [4.78, 5) is 10.7. The minimum atomic E-state index is -1.24. The Balaban J connectivity index is 4.13. The second-order valence-corrected chi connectivity index (χ2v) is 2.45. The van der Waals surface area contributed by atoms with Crippen molar-refractivity contribution in [3.05, 3.63) is 12.7 Å². The van der Waals surface area contributed by atoms with Gasteiger partial charge in [-0.15, -0.1) is 9.24 Å². The molecule has 0 fully saturated rings. The Kier molecular flexibility index (Phi) is 3.02. The SMILES string of the molecule is C=CC(=O)C(C)(O)CP. The highest BCUT2D eigenvalue weighted by molar-refractivity contribution is 7.16. The summed E-state index contributed by atoms with van der Waals surface area (Å²) < 4.78 is 0. The normalized spacial score (nSPS) is 16.3. The van der Waals surface area contributed by atoms with Crippen LogP contribution in [-0.4, -0.2) is 22.7 Å². The molecule has 52 valence electrons. The summed E-state index contributed by atoms with van der Waals surface area (Å²) in [5.41, 5.74) is -1.24. The van der Waals surface area contributed by atoms with Crippen molar-refractivity contribution in [2.45, 2.75) is 12.5 Å². The second-order valence-electron chi connectivity index (χ2n) is 2.05. The average Bonchev–Trinajstić information content (AvgIpc) is 1.86. The molecule has 1 N–H and O–H groups in total. The van der Waals surface area contributed by atoms with Crippen LogP contribution in [0.2, 0.25) is 0 Å². The van der Waals surface area contributed by atoms with Crippen molar-refractivity contribution in [3.63, 3.8) is 0 Å². The third-order valence-electron chi connectivity index (χ3n) is 1.11. The topological polar surface area (TPSA) is 37.3 Å². The van der Waals surface area contributed by atoms with Gasteiger partial charge in [0.05, 0.1) is 0 Å². The molecule has 2 nitrogen and oxygen atoms in total. The molecule has 3 heteroatoms. The first-order valence-electron chi connectivity index (χ1n) is 2.64. The van der Waals surface area contributed by atoms with Crippen LogP contribution in [0.1, 0.15) is 6.92 Å². The van der Waals surface area contributed by atoms with Gasteiger partial charge in [-0.05, 0) is 19.2 Å². The van der Waals surface area contributed by atoms with E-state index in [2.05, 4.69) is 15.8 Å². The predicted octanol–water partition coefficient (Wildman–Crippen LogP) is 0.368. The molecule has 0 aromatic carbocycles. The summed E-state index contributed by atoms with van der Waals surface area (Å²) >= 11 is 0. The molecule has 0 heterocycles. The van der Waals surface area contributed by atoms with E-state index in [1.807, 2.05) is 0 Å². The minimum absolute atomic E-state index is 0.336. The zero-order chi connectivity index (χ0) is 7.49. The van der Waals surface area contributed by atoms with Crippen molar-refractivity contribution in [2.24, 2.45) is 0 Å². The van der Waals surface area contributed by atoms with Gasteiger partial charge in [0.1, 0.15) is 5.60 Å². The van der Waals surface area contributed by atoms with Crippen molar-refractivity contribution >= 4 is 15.0 Å². The number of carbonyl (C=O) groups excluding carboxylic acids is 1. The molecule has 0 spiro atoms. The van der Waals surface area contributed by atoms with Crippen molar-refractivity contribution in [1.29, 1.82) is 0 Å². The van der Waals surface area contributed by atoms with E-state index in [4.69, 9.17) is 5.11 Å². The van der Waals surface area contributed by atoms with E-state index in [9.17, 15) is 4.79 Å². The first-order chi connectivity index (χ1) is 4.04. The van der Waals surface area contributed by atoms with Crippen LogP contribution in [0, 0.1) is 0 Å². The third-order valence-corrected chi connectivity index (χ3v) is 1.91. The molecule has 9 heavy (non-hydrogen) atoms. The molecule has 0 saturated heterocycles. The Bertz CT molecular complexity index is 129. The first-order valence-corrected chi connectivity index (χ1v) is 3.45. The van der Waals surface area contributed by atoms with Crippen LogP contribution in [0.4, 0.5) is 0 Å². The molecule has 0 aliphatic heterocycles. The van der Waals surface area contributed by atoms with Crippen LogP contribution < -0.4 is 0 Å². The molecule has 0 aromatic heterocycles. The van der Waals surface area contributed by atoms with Crippen LogP contribution in [0.5, 0.6) is 0 Å². The number of carbonyl (C=O) groups is 1. The quantitative estimate of drug-likeness (QED) is 0.461. The lowest BCUT2D eigenvalue weighted by Crippen LogP contribution is -2.35. The van der Waals surface area contributed by atoms with Crippen LogP contribution >= 0.6 is 9.24 Å². The molecule has 0 radical (unpaired) electrons. The van der Waals surface area contributed by atoms with Gasteiger partial charge in [-0.2, -0.15) is 0 Å². The van der Waals surface area contributed by atoms with Gasteiger partial charge in [0.2, 0.25) is 0 Å². The summed E-state index contributed by atoms with van der Waals surface area (Å²) in [7, 11) is 2.30. The minimum Gasteiger partial charge on any atom is -0.382 e. The Morgan fingerprint density at radius 3 is 2.56 bits per heavy atom. The van der Waals surface area contributed by atoms with Gasteiger partial charge in [-0.3, -0.25) is 4.79 Å². The van der Waals surface area contributed by atoms with Crippen LogP contribution in [-0.2, 0) is 4.79 Å². The van der Waals surface area contributed by atoms with Gasteiger partial charge in [0, 0.05) is 0 Å². The fourth-order valence-electron chi connectivity index (χ4n) is 0.320. The monoisotopic (exact) mass is 146 g/mol. The number of rotatable bonds is 3.